The summed E-state index contributed by atoms with van der Waals surface area (Å²) in [7, 11) is 1.67. The molecule has 2 atom stereocenters. The lowest BCUT2D eigenvalue weighted by atomic mass is 9.98. The van der Waals surface area contributed by atoms with Crippen molar-refractivity contribution in [3.63, 3.8) is 0 Å². The minimum Gasteiger partial charge on any atom is -0.496 e. The van der Waals surface area contributed by atoms with Crippen LogP contribution >= 0.6 is 11.6 Å². The standard InChI is InChI=1S/C15H23ClN2O2/c1-3-20-15(10-4-5-10)13(18-17)9-11-8-12(16)6-7-14(11)19-2/h6-8,10,13,15,18H,3-5,9,17H2,1-2H3. The summed E-state index contributed by atoms with van der Waals surface area (Å²) in [6.07, 6.45) is 3.32. The molecule has 5 heteroatoms. The van der Waals surface area contributed by atoms with Crippen LogP contribution in [0.3, 0.4) is 0 Å². The van der Waals surface area contributed by atoms with Crippen molar-refractivity contribution in [2.45, 2.75) is 38.3 Å². The number of ether oxygens (including phenoxy) is 2. The van der Waals surface area contributed by atoms with Crippen LogP contribution in [0.2, 0.25) is 5.02 Å². The fourth-order valence-electron chi connectivity index (χ4n) is 2.61. The predicted molar refractivity (Wildman–Crippen MR) is 81.0 cm³/mol. The molecule has 0 heterocycles. The summed E-state index contributed by atoms with van der Waals surface area (Å²) in [5.74, 6) is 7.19. The third-order valence-corrected chi connectivity index (χ3v) is 3.97. The van der Waals surface area contributed by atoms with Crippen LogP contribution in [0, 0.1) is 5.92 Å². The molecule has 1 aromatic carbocycles. The number of nitrogens with one attached hydrogen (secondary N) is 1. The summed E-state index contributed by atoms with van der Waals surface area (Å²) < 4.78 is 11.3. The van der Waals surface area contributed by atoms with Gasteiger partial charge in [-0.15, -0.1) is 0 Å². The summed E-state index contributed by atoms with van der Waals surface area (Å²) >= 11 is 6.08. The van der Waals surface area contributed by atoms with E-state index in [2.05, 4.69) is 5.43 Å². The summed E-state index contributed by atoms with van der Waals surface area (Å²) in [6, 6.07) is 5.71. The third-order valence-electron chi connectivity index (χ3n) is 3.74. The first-order valence-electron chi connectivity index (χ1n) is 7.09. The summed E-state index contributed by atoms with van der Waals surface area (Å²) in [4.78, 5) is 0. The second-order valence-corrected chi connectivity index (χ2v) is 5.63. The van der Waals surface area contributed by atoms with E-state index >= 15 is 0 Å². The van der Waals surface area contributed by atoms with Crippen LogP contribution in [-0.2, 0) is 11.2 Å². The molecule has 2 unspecified atom stereocenters. The molecule has 3 N–H and O–H groups in total. The second kappa shape index (κ2) is 7.27. The maximum absolute atomic E-state index is 6.08. The Bertz CT molecular complexity index is 438. The number of rotatable bonds is 8. The van der Waals surface area contributed by atoms with Gasteiger partial charge in [0, 0.05) is 11.6 Å². The highest BCUT2D eigenvalue weighted by atomic mass is 35.5. The van der Waals surface area contributed by atoms with Crippen molar-refractivity contribution < 1.29 is 9.47 Å². The highest BCUT2D eigenvalue weighted by molar-refractivity contribution is 6.30. The maximum Gasteiger partial charge on any atom is 0.122 e. The molecule has 0 spiro atoms. The van der Waals surface area contributed by atoms with Gasteiger partial charge in [0.2, 0.25) is 0 Å². The Hall–Kier alpha value is -0.810. The van der Waals surface area contributed by atoms with E-state index in [0.29, 0.717) is 17.5 Å². The summed E-state index contributed by atoms with van der Waals surface area (Å²) in [5.41, 5.74) is 3.95. The quantitative estimate of drug-likeness (QED) is 0.572. The van der Waals surface area contributed by atoms with Gasteiger partial charge in [-0.1, -0.05) is 11.6 Å². The highest BCUT2D eigenvalue weighted by Gasteiger charge is 2.37. The monoisotopic (exact) mass is 298 g/mol. The van der Waals surface area contributed by atoms with Gasteiger partial charge in [-0.2, -0.15) is 0 Å². The third kappa shape index (κ3) is 3.85. The normalized spacial score (nSPS) is 17.8. The molecule has 2 rings (SSSR count). The fourth-order valence-corrected chi connectivity index (χ4v) is 2.81. The average Bonchev–Trinajstić information content (AvgIpc) is 3.27. The van der Waals surface area contributed by atoms with E-state index in [1.165, 1.54) is 12.8 Å². The van der Waals surface area contributed by atoms with E-state index in [1.807, 2.05) is 25.1 Å². The Morgan fingerprint density at radius 2 is 2.20 bits per heavy atom. The van der Waals surface area contributed by atoms with Crippen LogP contribution in [0.1, 0.15) is 25.3 Å². The van der Waals surface area contributed by atoms with Gasteiger partial charge in [-0.3, -0.25) is 11.3 Å². The number of nitrogens with two attached hydrogens (primary N) is 1. The zero-order valence-corrected chi connectivity index (χ0v) is 12.8. The molecule has 0 radical (unpaired) electrons. The smallest absolute Gasteiger partial charge is 0.122 e. The first-order valence-corrected chi connectivity index (χ1v) is 7.47. The molecule has 0 amide bonds. The van der Waals surface area contributed by atoms with Gasteiger partial charge in [-0.25, -0.2) is 0 Å². The van der Waals surface area contributed by atoms with Crippen molar-refractivity contribution >= 4 is 11.6 Å². The molecule has 20 heavy (non-hydrogen) atoms. The lowest BCUT2D eigenvalue weighted by molar-refractivity contribution is 0.0191. The molecule has 0 saturated heterocycles. The molecule has 1 aliphatic rings. The number of halogens is 1. The van der Waals surface area contributed by atoms with Crippen LogP contribution < -0.4 is 16.0 Å². The molecule has 112 valence electrons. The van der Waals surface area contributed by atoms with Crippen molar-refractivity contribution in [1.82, 2.24) is 5.43 Å². The van der Waals surface area contributed by atoms with Gasteiger partial charge in [0.1, 0.15) is 5.75 Å². The second-order valence-electron chi connectivity index (χ2n) is 5.19. The van der Waals surface area contributed by atoms with Crippen LogP contribution in [0.25, 0.3) is 0 Å². The minimum absolute atomic E-state index is 0.0646. The first kappa shape index (κ1) is 15.6. The van der Waals surface area contributed by atoms with Crippen LogP contribution in [0.15, 0.2) is 18.2 Å². The number of hydrazine groups is 1. The fraction of sp³-hybridized carbons (Fsp3) is 0.600. The van der Waals surface area contributed by atoms with E-state index in [9.17, 15) is 0 Å². The Balaban J connectivity index is 2.14. The van der Waals surface area contributed by atoms with Gasteiger partial charge in [0.05, 0.1) is 19.3 Å². The van der Waals surface area contributed by atoms with E-state index in [-0.39, 0.29) is 12.1 Å². The van der Waals surface area contributed by atoms with Crippen LogP contribution in [0.5, 0.6) is 5.75 Å². The average molecular weight is 299 g/mol. The largest absolute Gasteiger partial charge is 0.496 e. The molecule has 0 aliphatic heterocycles. The van der Waals surface area contributed by atoms with Gasteiger partial charge < -0.3 is 9.47 Å². The predicted octanol–water partition coefficient (Wildman–Crippen LogP) is 2.54. The van der Waals surface area contributed by atoms with Crippen molar-refractivity contribution in [3.8, 4) is 5.75 Å². The van der Waals surface area contributed by atoms with Crippen molar-refractivity contribution in [2.75, 3.05) is 13.7 Å². The van der Waals surface area contributed by atoms with Crippen LogP contribution in [0.4, 0.5) is 0 Å². The molecule has 0 bridgehead atoms. The Morgan fingerprint density at radius 3 is 2.75 bits per heavy atom. The molecule has 1 saturated carbocycles. The van der Waals surface area contributed by atoms with Gasteiger partial charge in [0.15, 0.2) is 0 Å². The lowest BCUT2D eigenvalue weighted by Crippen LogP contribution is -2.47. The van der Waals surface area contributed by atoms with E-state index in [4.69, 9.17) is 26.9 Å². The van der Waals surface area contributed by atoms with E-state index in [0.717, 1.165) is 17.7 Å². The minimum atomic E-state index is 0.0646. The molecular weight excluding hydrogens is 276 g/mol. The number of benzene rings is 1. The van der Waals surface area contributed by atoms with Crippen LogP contribution in [-0.4, -0.2) is 25.9 Å². The topological polar surface area (TPSA) is 56.5 Å². The Labute approximate surface area is 125 Å². The van der Waals surface area contributed by atoms with Crippen molar-refractivity contribution in [2.24, 2.45) is 11.8 Å². The van der Waals surface area contributed by atoms with Crippen molar-refractivity contribution in [3.05, 3.63) is 28.8 Å². The molecule has 1 aliphatic carbocycles. The SMILES string of the molecule is CCOC(C1CC1)C(Cc1cc(Cl)ccc1OC)NN. The molecule has 1 fully saturated rings. The van der Waals surface area contributed by atoms with E-state index < -0.39 is 0 Å². The first-order chi connectivity index (χ1) is 9.69. The summed E-state index contributed by atoms with van der Waals surface area (Å²) in [5, 5.41) is 0.705. The molecule has 4 nitrogen and oxygen atoms in total. The molecular formula is C15H23ClN2O2. The Kier molecular flexibility index (Phi) is 5.66. The highest BCUT2D eigenvalue weighted by Crippen LogP contribution is 2.37. The molecule has 1 aromatic rings. The zero-order valence-electron chi connectivity index (χ0n) is 12.1. The summed E-state index contributed by atoms with van der Waals surface area (Å²) in [6.45, 7) is 2.72. The Morgan fingerprint density at radius 1 is 1.45 bits per heavy atom. The van der Waals surface area contributed by atoms with Gasteiger partial charge in [0.25, 0.3) is 0 Å². The van der Waals surface area contributed by atoms with E-state index in [1.54, 1.807) is 7.11 Å². The van der Waals surface area contributed by atoms with Gasteiger partial charge >= 0.3 is 0 Å². The number of hydrogen-bond acceptors (Lipinski definition) is 4. The lowest BCUT2D eigenvalue weighted by Gasteiger charge is -2.27. The zero-order chi connectivity index (χ0) is 14.5. The molecule has 0 aromatic heterocycles. The number of hydrogen-bond donors (Lipinski definition) is 2. The van der Waals surface area contributed by atoms with Gasteiger partial charge in [-0.05, 0) is 55.9 Å². The number of methoxy groups -OCH3 is 1. The maximum atomic E-state index is 6.08. The van der Waals surface area contributed by atoms with Crippen molar-refractivity contribution in [1.29, 1.82) is 0 Å².